The van der Waals surface area contributed by atoms with Gasteiger partial charge in [-0.3, -0.25) is 46.8 Å². The Morgan fingerprint density at radius 3 is 1.84 bits per heavy atom. The summed E-state index contributed by atoms with van der Waals surface area (Å²) in [6, 6.07) is 3.68. The maximum Gasteiger partial charge on any atom is 0.475 e. The van der Waals surface area contributed by atoms with Crippen molar-refractivity contribution in [3.8, 4) is 12.1 Å². The molecule has 0 aliphatic carbocycles. The number of ether oxygens (including phenoxy) is 2. The van der Waals surface area contributed by atoms with Crippen molar-refractivity contribution in [1.29, 1.82) is 10.5 Å². The first kappa shape index (κ1) is 38.3. The number of phosphoric ester groups is 1. The number of aromatic nitrogens is 4. The molecule has 2 saturated heterocycles. The fourth-order valence-corrected chi connectivity index (χ4v) is 7.64. The van der Waals surface area contributed by atoms with Crippen LogP contribution in [0.1, 0.15) is 49.3 Å². The van der Waals surface area contributed by atoms with E-state index in [2.05, 4.69) is 9.97 Å². The number of rotatable bonds is 16. The van der Waals surface area contributed by atoms with Crippen LogP contribution in [0, 0.1) is 36.5 Å². The van der Waals surface area contributed by atoms with Crippen molar-refractivity contribution in [2.45, 2.75) is 76.4 Å². The molecule has 4 rings (SSSR count). The SMILES string of the molecule is Cc1cn([C@H]2CC(OP(C)(=O)OCCC#N)[C@@H](COP(=O)(OCCC#N)OC3C[C@H](n4cc(C)c(=O)[nH]c4=O)O[C@@H]3CO)O2)c(=O)[nH]c1=O. The molecule has 2 aliphatic heterocycles. The number of nitrogens with one attached hydrogen (secondary N) is 2. The van der Waals surface area contributed by atoms with Crippen molar-refractivity contribution in [3.05, 3.63) is 65.2 Å². The van der Waals surface area contributed by atoms with Crippen molar-refractivity contribution in [2.75, 3.05) is 33.1 Å². The van der Waals surface area contributed by atoms with E-state index >= 15 is 0 Å². The number of nitrogens with zero attached hydrogens (tertiary/aromatic N) is 4. The molecule has 3 N–H and O–H groups in total. The van der Waals surface area contributed by atoms with Gasteiger partial charge in [0.1, 0.15) is 30.8 Å². The number of H-pyrrole nitrogens is 2. The third-order valence-corrected chi connectivity index (χ3v) is 10.2. The maximum absolute atomic E-state index is 14.0. The molecule has 4 unspecified atom stereocenters. The molecular weight excluding hydrogens is 694 g/mol. The highest BCUT2D eigenvalue weighted by molar-refractivity contribution is 7.53. The first-order valence-electron chi connectivity index (χ1n) is 15.0. The Balaban J connectivity index is 1.57. The van der Waals surface area contributed by atoms with Crippen LogP contribution in [0.25, 0.3) is 0 Å². The molecule has 0 saturated carbocycles. The molecule has 0 spiro atoms. The van der Waals surface area contributed by atoms with Gasteiger partial charge in [-0.05, 0) is 13.8 Å². The summed E-state index contributed by atoms with van der Waals surface area (Å²) in [4.78, 5) is 53.2. The van der Waals surface area contributed by atoms with Crippen molar-refractivity contribution in [1.82, 2.24) is 19.1 Å². The fourth-order valence-electron chi connectivity index (χ4n) is 5.04. The highest BCUT2D eigenvalue weighted by Crippen LogP contribution is 2.54. The number of aliphatic hydroxyl groups is 1. The number of aryl methyl sites for hydroxylation is 2. The smallest absolute Gasteiger partial charge is 0.394 e. The summed E-state index contributed by atoms with van der Waals surface area (Å²) in [5.41, 5.74) is -2.39. The molecule has 2 fully saturated rings. The van der Waals surface area contributed by atoms with Crippen LogP contribution in [0.5, 0.6) is 0 Å². The summed E-state index contributed by atoms with van der Waals surface area (Å²) < 4.78 is 68.8. The van der Waals surface area contributed by atoms with Crippen LogP contribution >= 0.6 is 15.4 Å². The fraction of sp³-hybridized carbons (Fsp3) is 0.630. The Morgan fingerprint density at radius 1 is 0.837 bits per heavy atom. The lowest BCUT2D eigenvalue weighted by Crippen LogP contribution is -2.33. The Hall–Kier alpha value is -3.52. The van der Waals surface area contributed by atoms with E-state index in [1.54, 1.807) is 0 Å². The maximum atomic E-state index is 14.0. The molecule has 22 heteroatoms. The van der Waals surface area contributed by atoms with Gasteiger partial charge in [0, 0.05) is 43.0 Å². The summed E-state index contributed by atoms with van der Waals surface area (Å²) in [6.07, 6.45) is -4.76. The van der Waals surface area contributed by atoms with Crippen molar-refractivity contribution < 1.29 is 46.3 Å². The first-order valence-corrected chi connectivity index (χ1v) is 18.4. The van der Waals surface area contributed by atoms with Crippen LogP contribution in [0.3, 0.4) is 0 Å². The van der Waals surface area contributed by atoms with Gasteiger partial charge in [-0.2, -0.15) is 10.5 Å². The standard InChI is InChI=1S/C27H36N6O14P2/c1-16-12-32(26(37)30-24(16)35)22-10-18(20(14-34)44-22)47-49(40,42-9-5-7-29)43-15-21-19(46-48(3,39)41-8-4-6-28)11-23(45-21)33-13-17(2)25(36)31-27(33)38/h12-13,18-23,34H,4-5,8-11,14-15H2,1-3H3,(H,30,35,37)(H,31,36,38)/t18?,19?,20-,21-,22-,23-,48?,49?/m1/s1. The van der Waals surface area contributed by atoms with Gasteiger partial charge in [-0.1, -0.05) is 0 Å². The quantitative estimate of drug-likeness (QED) is 0.159. The normalized spacial score (nSPS) is 26.1. The highest BCUT2D eigenvalue weighted by Gasteiger charge is 2.46. The average molecular weight is 731 g/mol. The second-order valence-corrected chi connectivity index (χ2v) is 14.8. The third kappa shape index (κ3) is 9.80. The summed E-state index contributed by atoms with van der Waals surface area (Å²) >= 11 is 0. The van der Waals surface area contributed by atoms with Gasteiger partial charge in [-0.15, -0.1) is 0 Å². The minimum atomic E-state index is -4.64. The zero-order valence-electron chi connectivity index (χ0n) is 26.7. The molecule has 2 aliphatic rings. The minimum absolute atomic E-state index is 0.0683. The summed E-state index contributed by atoms with van der Waals surface area (Å²) in [6.45, 7) is 2.28. The molecule has 268 valence electrons. The van der Waals surface area contributed by atoms with Crippen molar-refractivity contribution in [3.63, 3.8) is 0 Å². The molecule has 8 atom stereocenters. The van der Waals surface area contributed by atoms with Gasteiger partial charge >= 0.3 is 26.8 Å². The lowest BCUT2D eigenvalue weighted by atomic mass is 10.2. The van der Waals surface area contributed by atoms with Crippen molar-refractivity contribution >= 4 is 15.4 Å². The summed E-state index contributed by atoms with van der Waals surface area (Å²) in [5.74, 6) is 0. The number of hydrogen-bond acceptors (Lipinski definition) is 16. The second kappa shape index (κ2) is 16.5. The van der Waals surface area contributed by atoms with E-state index < -0.39 is 94.6 Å². The Kier molecular flexibility index (Phi) is 12.9. The number of phosphoric acid groups is 1. The molecular formula is C27H36N6O14P2. The van der Waals surface area contributed by atoms with Gasteiger partial charge in [-0.25, -0.2) is 14.2 Å². The molecule has 49 heavy (non-hydrogen) atoms. The van der Waals surface area contributed by atoms with Crippen LogP contribution in [0.15, 0.2) is 31.6 Å². The van der Waals surface area contributed by atoms with Gasteiger partial charge in [0.15, 0.2) is 0 Å². The zero-order chi connectivity index (χ0) is 35.9. The molecule has 0 bridgehead atoms. The number of nitriles is 2. The summed E-state index contributed by atoms with van der Waals surface area (Å²) in [5, 5.41) is 27.8. The number of aromatic amines is 2. The topological polar surface area (TPSA) is 276 Å². The average Bonchev–Trinajstić information content (AvgIpc) is 3.62. The Labute approximate surface area is 278 Å². The van der Waals surface area contributed by atoms with Crippen LogP contribution in [0.2, 0.25) is 0 Å². The van der Waals surface area contributed by atoms with Gasteiger partial charge < -0.3 is 23.6 Å². The van der Waals surface area contributed by atoms with E-state index in [4.69, 9.17) is 42.6 Å². The lowest BCUT2D eigenvalue weighted by molar-refractivity contribution is -0.0589. The molecule has 2 aromatic rings. The molecule has 2 aromatic heterocycles. The Bertz CT molecular complexity index is 1910. The second-order valence-electron chi connectivity index (χ2n) is 11.2. The van der Waals surface area contributed by atoms with E-state index in [1.807, 2.05) is 12.1 Å². The van der Waals surface area contributed by atoms with E-state index in [1.165, 1.54) is 32.9 Å². The third-order valence-electron chi connectivity index (χ3n) is 7.44. The predicted molar refractivity (Wildman–Crippen MR) is 165 cm³/mol. The largest absolute Gasteiger partial charge is 0.475 e. The monoisotopic (exact) mass is 730 g/mol. The van der Waals surface area contributed by atoms with Gasteiger partial charge in [0.25, 0.3) is 11.1 Å². The van der Waals surface area contributed by atoms with E-state index in [0.29, 0.717) is 0 Å². The number of aliphatic hydroxyl groups excluding tert-OH is 1. The lowest BCUT2D eigenvalue weighted by Gasteiger charge is -2.26. The Morgan fingerprint density at radius 2 is 1.33 bits per heavy atom. The van der Waals surface area contributed by atoms with Crippen LogP contribution in [-0.2, 0) is 41.2 Å². The van der Waals surface area contributed by atoms with Crippen LogP contribution in [-0.4, -0.2) is 81.7 Å². The first-order chi connectivity index (χ1) is 23.2. The molecule has 20 nitrogen and oxygen atoms in total. The molecule has 4 heterocycles. The van der Waals surface area contributed by atoms with Gasteiger partial charge in [0.2, 0.25) is 0 Å². The van der Waals surface area contributed by atoms with Crippen molar-refractivity contribution in [2.24, 2.45) is 0 Å². The molecule has 0 aromatic carbocycles. The number of hydrogen-bond donors (Lipinski definition) is 3. The highest BCUT2D eigenvalue weighted by atomic mass is 31.2. The zero-order valence-corrected chi connectivity index (χ0v) is 28.5. The van der Waals surface area contributed by atoms with Gasteiger partial charge in [0.05, 0.1) is 57.5 Å². The van der Waals surface area contributed by atoms with Crippen LogP contribution in [0.4, 0.5) is 0 Å². The van der Waals surface area contributed by atoms with Crippen LogP contribution < -0.4 is 22.5 Å². The molecule has 0 amide bonds. The van der Waals surface area contributed by atoms with E-state index in [-0.39, 0.29) is 43.4 Å². The van der Waals surface area contributed by atoms with E-state index in [9.17, 15) is 33.4 Å². The van der Waals surface area contributed by atoms with E-state index in [0.717, 1.165) is 9.13 Å². The summed E-state index contributed by atoms with van der Waals surface area (Å²) in [7, 11) is -8.46. The minimum Gasteiger partial charge on any atom is -0.394 e. The molecule has 0 radical (unpaired) electrons. The predicted octanol–water partition coefficient (Wildman–Crippen LogP) is 0.850.